The average Bonchev–Trinajstić information content (AvgIpc) is 3.01. The number of hydrogen-bond donors (Lipinski definition) is 1. The normalized spacial score (nSPS) is 15.4. The molecule has 1 aromatic heterocycles. The number of nitrogens with one attached hydrogen (secondary N) is 1. The van der Waals surface area contributed by atoms with Gasteiger partial charge in [0.05, 0.1) is 0 Å². The molecule has 1 aliphatic carbocycles. The largest absolute Gasteiger partial charge is 0.345 e. The number of hydrogen-bond acceptors (Lipinski definition) is 4. The van der Waals surface area contributed by atoms with E-state index in [-0.39, 0.29) is 0 Å². The van der Waals surface area contributed by atoms with Gasteiger partial charge in [0, 0.05) is 30.2 Å². The molecule has 4 heteroatoms. The van der Waals surface area contributed by atoms with Crippen molar-refractivity contribution in [3.05, 3.63) is 11.1 Å². The summed E-state index contributed by atoms with van der Waals surface area (Å²) in [5.41, 5.74) is 0. The van der Waals surface area contributed by atoms with Crippen LogP contribution in [0.5, 0.6) is 0 Å². The summed E-state index contributed by atoms with van der Waals surface area (Å²) in [6, 6.07) is 0.778. The van der Waals surface area contributed by atoms with Gasteiger partial charge in [0.2, 0.25) is 0 Å². The second-order valence-corrected chi connectivity index (χ2v) is 5.51. The fourth-order valence-electron chi connectivity index (χ4n) is 1.83. The fraction of sp³-hybridized carbons (Fsp3) is 0.750. The molecule has 1 heterocycles. The zero-order valence-corrected chi connectivity index (χ0v) is 11.0. The fourth-order valence-corrected chi connectivity index (χ4v) is 2.85. The lowest BCUT2D eigenvalue weighted by molar-refractivity contribution is 0.711. The molecule has 1 aliphatic rings. The number of anilines is 1. The SMILES string of the molecule is CCCCN(c1ncc(CNC)s1)C1CC1. The first-order valence-electron chi connectivity index (χ1n) is 6.21. The molecule has 1 saturated carbocycles. The van der Waals surface area contributed by atoms with Crippen LogP contribution in [0.15, 0.2) is 6.20 Å². The van der Waals surface area contributed by atoms with Crippen molar-refractivity contribution in [1.29, 1.82) is 0 Å². The van der Waals surface area contributed by atoms with E-state index in [2.05, 4.69) is 22.1 Å². The number of rotatable bonds is 7. The molecule has 3 nitrogen and oxygen atoms in total. The van der Waals surface area contributed by atoms with Crippen molar-refractivity contribution in [3.8, 4) is 0 Å². The van der Waals surface area contributed by atoms with Gasteiger partial charge in [0.25, 0.3) is 0 Å². The molecule has 0 unspecified atom stereocenters. The van der Waals surface area contributed by atoms with Crippen LogP contribution >= 0.6 is 11.3 Å². The van der Waals surface area contributed by atoms with Crippen molar-refractivity contribution in [2.45, 2.75) is 45.2 Å². The number of nitrogens with zero attached hydrogens (tertiary/aromatic N) is 2. The maximum atomic E-state index is 4.55. The summed E-state index contributed by atoms with van der Waals surface area (Å²) >= 11 is 1.84. The minimum Gasteiger partial charge on any atom is -0.345 e. The van der Waals surface area contributed by atoms with Crippen molar-refractivity contribution in [2.75, 3.05) is 18.5 Å². The van der Waals surface area contributed by atoms with Gasteiger partial charge in [-0.25, -0.2) is 4.98 Å². The number of aromatic nitrogens is 1. The predicted molar refractivity (Wildman–Crippen MR) is 70.2 cm³/mol. The lowest BCUT2D eigenvalue weighted by Crippen LogP contribution is -2.26. The van der Waals surface area contributed by atoms with E-state index in [1.807, 2.05) is 24.6 Å². The van der Waals surface area contributed by atoms with Gasteiger partial charge in [0.1, 0.15) is 0 Å². The highest BCUT2D eigenvalue weighted by atomic mass is 32.1. The molecule has 2 rings (SSSR count). The van der Waals surface area contributed by atoms with Crippen molar-refractivity contribution in [1.82, 2.24) is 10.3 Å². The second-order valence-electron chi connectivity index (χ2n) is 4.42. The minimum atomic E-state index is 0.778. The van der Waals surface area contributed by atoms with Crippen molar-refractivity contribution in [2.24, 2.45) is 0 Å². The van der Waals surface area contributed by atoms with Crippen LogP contribution in [-0.2, 0) is 6.54 Å². The van der Waals surface area contributed by atoms with E-state index in [1.54, 1.807) is 0 Å². The summed E-state index contributed by atoms with van der Waals surface area (Å²) in [6.45, 7) is 4.36. The second kappa shape index (κ2) is 5.64. The van der Waals surface area contributed by atoms with Gasteiger partial charge >= 0.3 is 0 Å². The Labute approximate surface area is 102 Å². The zero-order valence-electron chi connectivity index (χ0n) is 10.2. The van der Waals surface area contributed by atoms with Crippen molar-refractivity contribution in [3.63, 3.8) is 0 Å². The van der Waals surface area contributed by atoms with Crippen LogP contribution in [0, 0.1) is 0 Å². The van der Waals surface area contributed by atoms with E-state index < -0.39 is 0 Å². The lowest BCUT2D eigenvalue weighted by atomic mass is 10.3. The average molecular weight is 239 g/mol. The molecule has 90 valence electrons. The third-order valence-electron chi connectivity index (χ3n) is 2.88. The Kier molecular flexibility index (Phi) is 4.18. The molecule has 0 spiro atoms. The molecule has 16 heavy (non-hydrogen) atoms. The highest BCUT2D eigenvalue weighted by Crippen LogP contribution is 2.34. The van der Waals surface area contributed by atoms with E-state index >= 15 is 0 Å². The van der Waals surface area contributed by atoms with Gasteiger partial charge in [-0.15, -0.1) is 11.3 Å². The van der Waals surface area contributed by atoms with Crippen molar-refractivity contribution < 1.29 is 0 Å². The van der Waals surface area contributed by atoms with Crippen molar-refractivity contribution >= 4 is 16.5 Å². The predicted octanol–water partition coefficient (Wildman–Crippen LogP) is 2.63. The maximum Gasteiger partial charge on any atom is 0.185 e. The van der Waals surface area contributed by atoms with Crippen LogP contribution < -0.4 is 10.2 Å². The molecule has 0 bridgehead atoms. The van der Waals surface area contributed by atoms with Crippen LogP contribution in [0.4, 0.5) is 5.13 Å². The zero-order chi connectivity index (χ0) is 11.4. The summed E-state index contributed by atoms with van der Waals surface area (Å²) < 4.78 is 0. The van der Waals surface area contributed by atoms with Gasteiger partial charge in [-0.3, -0.25) is 0 Å². The smallest absolute Gasteiger partial charge is 0.185 e. The third kappa shape index (κ3) is 2.95. The topological polar surface area (TPSA) is 28.2 Å². The Morgan fingerprint density at radius 2 is 2.38 bits per heavy atom. The van der Waals surface area contributed by atoms with Gasteiger partial charge < -0.3 is 10.2 Å². The Hall–Kier alpha value is -0.610. The molecule has 1 fully saturated rings. The highest BCUT2D eigenvalue weighted by molar-refractivity contribution is 7.15. The minimum absolute atomic E-state index is 0.778. The molecule has 0 saturated heterocycles. The number of unbranched alkanes of at least 4 members (excludes halogenated alkanes) is 1. The molecule has 0 radical (unpaired) electrons. The van der Waals surface area contributed by atoms with E-state index in [1.165, 1.54) is 42.2 Å². The molecule has 0 aromatic carbocycles. The van der Waals surface area contributed by atoms with Crippen LogP contribution in [-0.4, -0.2) is 24.6 Å². The quantitative estimate of drug-likeness (QED) is 0.793. The lowest BCUT2D eigenvalue weighted by Gasteiger charge is -2.20. The Morgan fingerprint density at radius 1 is 1.56 bits per heavy atom. The Bertz CT molecular complexity index is 320. The van der Waals surface area contributed by atoms with E-state index in [0.29, 0.717) is 0 Å². The van der Waals surface area contributed by atoms with Crippen LogP contribution in [0.2, 0.25) is 0 Å². The maximum absolute atomic E-state index is 4.55. The number of thiazole rings is 1. The standard InChI is InChI=1S/C12H21N3S/c1-3-4-7-15(10-5-6-10)12-14-9-11(16-12)8-13-2/h9-10,13H,3-8H2,1-2H3. The van der Waals surface area contributed by atoms with Gasteiger partial charge in [-0.2, -0.15) is 0 Å². The first-order chi connectivity index (χ1) is 7.85. The van der Waals surface area contributed by atoms with Gasteiger partial charge in [-0.1, -0.05) is 13.3 Å². The third-order valence-corrected chi connectivity index (χ3v) is 3.91. The summed E-state index contributed by atoms with van der Waals surface area (Å²) in [5.74, 6) is 0. The summed E-state index contributed by atoms with van der Waals surface area (Å²) in [4.78, 5) is 8.39. The first kappa shape index (κ1) is 11.9. The van der Waals surface area contributed by atoms with Crippen LogP contribution in [0.1, 0.15) is 37.5 Å². The first-order valence-corrected chi connectivity index (χ1v) is 7.02. The van der Waals surface area contributed by atoms with Gasteiger partial charge in [0.15, 0.2) is 5.13 Å². The molecular formula is C12H21N3S. The monoisotopic (exact) mass is 239 g/mol. The van der Waals surface area contributed by atoms with Crippen LogP contribution in [0.25, 0.3) is 0 Å². The Morgan fingerprint density at radius 3 is 3.00 bits per heavy atom. The van der Waals surface area contributed by atoms with Gasteiger partial charge in [-0.05, 0) is 26.3 Å². The molecule has 0 atom stereocenters. The Balaban J connectivity index is 1.99. The molecule has 0 amide bonds. The summed E-state index contributed by atoms with van der Waals surface area (Å²) in [7, 11) is 1.98. The van der Waals surface area contributed by atoms with E-state index in [9.17, 15) is 0 Å². The molecule has 1 N–H and O–H groups in total. The van der Waals surface area contributed by atoms with E-state index in [4.69, 9.17) is 0 Å². The molecule has 0 aliphatic heterocycles. The summed E-state index contributed by atoms with van der Waals surface area (Å²) in [6.07, 6.45) is 7.25. The highest BCUT2D eigenvalue weighted by Gasteiger charge is 2.30. The summed E-state index contributed by atoms with van der Waals surface area (Å²) in [5, 5.41) is 4.40. The molecular weight excluding hydrogens is 218 g/mol. The molecule has 1 aromatic rings. The van der Waals surface area contributed by atoms with Crippen LogP contribution in [0.3, 0.4) is 0 Å². The van der Waals surface area contributed by atoms with E-state index in [0.717, 1.165) is 12.6 Å².